The number of nitrogens with zero attached hydrogens (tertiary/aromatic N) is 2. The molecule has 0 aliphatic rings. The molecule has 0 aliphatic carbocycles. The van der Waals surface area contributed by atoms with E-state index in [0.29, 0.717) is 13.0 Å². The lowest BCUT2D eigenvalue weighted by Crippen LogP contribution is -2.26. The van der Waals surface area contributed by atoms with E-state index in [2.05, 4.69) is 95.7 Å². The fourth-order valence-electron chi connectivity index (χ4n) is 5.09. The van der Waals surface area contributed by atoms with E-state index in [4.69, 9.17) is 4.98 Å². The molecule has 1 amide bonds. The number of unbranched alkanes of at least 4 members (excludes halogenated alkanes) is 2. The van der Waals surface area contributed by atoms with Crippen LogP contribution in [0, 0.1) is 0 Å². The van der Waals surface area contributed by atoms with Crippen molar-refractivity contribution >= 4 is 16.9 Å². The Morgan fingerprint density at radius 3 is 2.18 bits per heavy atom. The predicted octanol–water partition coefficient (Wildman–Crippen LogP) is 7.38. The van der Waals surface area contributed by atoms with Crippen LogP contribution in [0.5, 0.6) is 0 Å². The molecular weight excluding hydrogens is 466 g/mol. The van der Waals surface area contributed by atoms with Crippen LogP contribution in [0.15, 0.2) is 109 Å². The molecule has 0 bridgehead atoms. The molecule has 4 nitrogen and oxygen atoms in total. The molecule has 0 radical (unpaired) electrons. The summed E-state index contributed by atoms with van der Waals surface area (Å²) >= 11 is 0. The number of aryl methyl sites for hydroxylation is 1. The molecule has 1 heterocycles. The highest BCUT2D eigenvalue weighted by Gasteiger charge is 2.16. The Morgan fingerprint density at radius 2 is 1.42 bits per heavy atom. The number of carbonyl (C=O) groups is 1. The highest BCUT2D eigenvalue weighted by atomic mass is 16.1. The monoisotopic (exact) mass is 501 g/mol. The van der Waals surface area contributed by atoms with E-state index in [9.17, 15) is 4.79 Å². The van der Waals surface area contributed by atoms with Gasteiger partial charge in [0.1, 0.15) is 5.82 Å². The van der Waals surface area contributed by atoms with Crippen molar-refractivity contribution in [1.29, 1.82) is 0 Å². The maximum Gasteiger partial charge on any atom is 0.224 e. The van der Waals surface area contributed by atoms with E-state index in [1.807, 2.05) is 30.3 Å². The number of hydrogen-bond acceptors (Lipinski definition) is 2. The molecule has 1 aromatic heterocycles. The molecular formula is C34H35N3O. The lowest BCUT2D eigenvalue weighted by atomic mass is 10.0. The van der Waals surface area contributed by atoms with Gasteiger partial charge in [-0.2, -0.15) is 0 Å². The van der Waals surface area contributed by atoms with Gasteiger partial charge in [-0.3, -0.25) is 4.79 Å². The minimum atomic E-state index is 0.0796. The summed E-state index contributed by atoms with van der Waals surface area (Å²) in [6.45, 7) is 2.95. The Labute approximate surface area is 225 Å². The van der Waals surface area contributed by atoms with Crippen LogP contribution >= 0.6 is 0 Å². The van der Waals surface area contributed by atoms with Crippen LogP contribution in [-0.2, 0) is 17.6 Å². The molecule has 0 saturated heterocycles. The predicted molar refractivity (Wildman–Crippen MR) is 156 cm³/mol. The SMILES string of the molecule is CC(c1ccccc1)n1c(CCCCCNC(=O)Cc2ccc(-c3ccccc3)cc2)nc2ccccc21. The molecule has 1 N–H and O–H groups in total. The number of imidazole rings is 1. The fraction of sp³-hybridized carbons (Fsp3) is 0.235. The van der Waals surface area contributed by atoms with E-state index in [0.717, 1.165) is 42.6 Å². The first-order valence-electron chi connectivity index (χ1n) is 13.6. The van der Waals surface area contributed by atoms with Crippen molar-refractivity contribution in [1.82, 2.24) is 14.9 Å². The van der Waals surface area contributed by atoms with Crippen LogP contribution < -0.4 is 5.32 Å². The lowest BCUT2D eigenvalue weighted by Gasteiger charge is -2.18. The Morgan fingerprint density at radius 1 is 0.763 bits per heavy atom. The summed E-state index contributed by atoms with van der Waals surface area (Å²) in [4.78, 5) is 17.4. The van der Waals surface area contributed by atoms with Gasteiger partial charge in [0, 0.05) is 13.0 Å². The zero-order chi connectivity index (χ0) is 26.2. The summed E-state index contributed by atoms with van der Waals surface area (Å²) in [5.74, 6) is 1.21. The van der Waals surface area contributed by atoms with Crippen LogP contribution in [0.2, 0.25) is 0 Å². The van der Waals surface area contributed by atoms with Crippen molar-refractivity contribution in [2.24, 2.45) is 0 Å². The van der Waals surface area contributed by atoms with E-state index < -0.39 is 0 Å². The second kappa shape index (κ2) is 12.4. The van der Waals surface area contributed by atoms with Gasteiger partial charge in [0.05, 0.1) is 23.5 Å². The maximum atomic E-state index is 12.5. The number of nitrogens with one attached hydrogen (secondary N) is 1. The lowest BCUT2D eigenvalue weighted by molar-refractivity contribution is -0.120. The number of hydrogen-bond donors (Lipinski definition) is 1. The third kappa shape index (κ3) is 6.20. The van der Waals surface area contributed by atoms with Gasteiger partial charge < -0.3 is 9.88 Å². The molecule has 0 aliphatic heterocycles. The molecule has 1 atom stereocenters. The largest absolute Gasteiger partial charge is 0.356 e. The third-order valence-corrected chi connectivity index (χ3v) is 7.16. The van der Waals surface area contributed by atoms with E-state index in [1.165, 1.54) is 22.2 Å². The number of aromatic nitrogens is 2. The van der Waals surface area contributed by atoms with Crippen molar-refractivity contribution in [2.45, 2.75) is 45.1 Å². The molecule has 5 rings (SSSR count). The van der Waals surface area contributed by atoms with Crippen LogP contribution in [0.4, 0.5) is 0 Å². The average molecular weight is 502 g/mol. The van der Waals surface area contributed by atoms with Crippen LogP contribution in [0.3, 0.4) is 0 Å². The number of benzene rings is 4. The van der Waals surface area contributed by atoms with Gasteiger partial charge in [-0.1, -0.05) is 103 Å². The standard InChI is InChI=1S/C34H35N3O/c1-26(28-13-5-2-6-14-28)37-32-18-11-10-17-31(32)36-33(37)19-9-4-12-24-35-34(38)25-27-20-22-30(23-21-27)29-15-7-3-8-16-29/h2-3,5-8,10-11,13-18,20-23,26H,4,9,12,19,24-25H2,1H3,(H,35,38). The Bertz CT molecular complexity index is 1460. The molecule has 1 unspecified atom stereocenters. The van der Waals surface area contributed by atoms with E-state index in [1.54, 1.807) is 0 Å². The summed E-state index contributed by atoms with van der Waals surface area (Å²) in [7, 11) is 0. The number of amides is 1. The Balaban J connectivity index is 1.09. The second-order valence-corrected chi connectivity index (χ2v) is 9.87. The smallest absolute Gasteiger partial charge is 0.224 e. The Hall–Kier alpha value is -4.18. The third-order valence-electron chi connectivity index (χ3n) is 7.16. The normalized spacial score (nSPS) is 11.9. The van der Waals surface area contributed by atoms with Crippen molar-refractivity contribution in [3.8, 4) is 11.1 Å². The van der Waals surface area contributed by atoms with Crippen molar-refractivity contribution in [2.75, 3.05) is 6.54 Å². The molecule has 192 valence electrons. The first-order valence-corrected chi connectivity index (χ1v) is 13.6. The molecule has 0 spiro atoms. The summed E-state index contributed by atoms with van der Waals surface area (Å²) in [6.07, 6.45) is 4.40. The maximum absolute atomic E-state index is 12.5. The molecule has 0 saturated carbocycles. The average Bonchev–Trinajstić information content (AvgIpc) is 3.34. The molecule has 4 heteroatoms. The number of fused-ring (bicyclic) bond motifs is 1. The fourth-order valence-corrected chi connectivity index (χ4v) is 5.09. The zero-order valence-corrected chi connectivity index (χ0v) is 22.0. The highest BCUT2D eigenvalue weighted by Crippen LogP contribution is 2.27. The van der Waals surface area contributed by atoms with Gasteiger partial charge in [-0.15, -0.1) is 0 Å². The summed E-state index contributed by atoms with van der Waals surface area (Å²) in [5, 5.41) is 3.09. The van der Waals surface area contributed by atoms with Gasteiger partial charge >= 0.3 is 0 Å². The van der Waals surface area contributed by atoms with Crippen molar-refractivity contribution < 1.29 is 4.79 Å². The topological polar surface area (TPSA) is 46.9 Å². The van der Waals surface area contributed by atoms with Gasteiger partial charge in [-0.25, -0.2) is 4.98 Å². The molecule has 38 heavy (non-hydrogen) atoms. The summed E-state index contributed by atoms with van der Waals surface area (Å²) in [6, 6.07) is 37.8. The second-order valence-electron chi connectivity index (χ2n) is 9.87. The minimum Gasteiger partial charge on any atom is -0.356 e. The van der Waals surface area contributed by atoms with Crippen LogP contribution in [0.25, 0.3) is 22.2 Å². The minimum absolute atomic E-state index is 0.0796. The van der Waals surface area contributed by atoms with Crippen LogP contribution in [0.1, 0.15) is 49.2 Å². The number of carbonyl (C=O) groups excluding carboxylic acids is 1. The molecule has 5 aromatic rings. The first kappa shape index (κ1) is 25.5. The van der Waals surface area contributed by atoms with E-state index in [-0.39, 0.29) is 11.9 Å². The molecule has 0 fully saturated rings. The number of rotatable bonds is 11. The quantitative estimate of drug-likeness (QED) is 0.192. The van der Waals surface area contributed by atoms with Gasteiger partial charge in [0.25, 0.3) is 0 Å². The van der Waals surface area contributed by atoms with Crippen LogP contribution in [-0.4, -0.2) is 22.0 Å². The van der Waals surface area contributed by atoms with E-state index >= 15 is 0 Å². The summed E-state index contributed by atoms with van der Waals surface area (Å²) in [5.41, 5.74) is 6.91. The highest BCUT2D eigenvalue weighted by molar-refractivity contribution is 5.79. The first-order chi connectivity index (χ1) is 18.7. The van der Waals surface area contributed by atoms with Gasteiger partial charge in [-0.05, 0) is 54.2 Å². The molecule has 4 aromatic carbocycles. The summed E-state index contributed by atoms with van der Waals surface area (Å²) < 4.78 is 2.38. The van der Waals surface area contributed by atoms with Gasteiger partial charge in [0.15, 0.2) is 0 Å². The Kier molecular flexibility index (Phi) is 8.29. The van der Waals surface area contributed by atoms with Crippen molar-refractivity contribution in [3.63, 3.8) is 0 Å². The van der Waals surface area contributed by atoms with Crippen molar-refractivity contribution in [3.05, 3.63) is 126 Å². The zero-order valence-electron chi connectivity index (χ0n) is 22.0. The number of para-hydroxylation sites is 2. The van der Waals surface area contributed by atoms with Gasteiger partial charge in [0.2, 0.25) is 5.91 Å².